The maximum absolute atomic E-state index is 2.42. The van der Waals surface area contributed by atoms with E-state index in [4.69, 9.17) is 0 Å². The molecule has 0 aliphatic carbocycles. The van der Waals surface area contributed by atoms with Gasteiger partial charge in [-0.1, -0.05) is 153 Å². The highest BCUT2D eigenvalue weighted by molar-refractivity contribution is 6.21. The van der Waals surface area contributed by atoms with Crippen LogP contribution in [0.4, 0.5) is 17.1 Å². The average Bonchev–Trinajstić information content (AvgIpc) is 3.54. The third-order valence-corrected chi connectivity index (χ3v) is 10.5. The number of hydrogen-bond acceptors (Lipinski definition) is 1. The van der Waals surface area contributed by atoms with Gasteiger partial charge in [-0.05, 0) is 87.6 Å². The van der Waals surface area contributed by atoms with Crippen molar-refractivity contribution in [3.05, 3.63) is 205 Å². The molecule has 8 aromatic carbocycles. The number of para-hydroxylation sites is 1. The molecule has 0 atom stereocenters. The monoisotopic (exact) mass is 654 g/mol. The van der Waals surface area contributed by atoms with Crippen LogP contribution in [0.1, 0.15) is 25.0 Å². The van der Waals surface area contributed by atoms with Gasteiger partial charge < -0.3 is 9.47 Å². The average molecular weight is 655 g/mol. The molecule has 9 aromatic rings. The standard InChI is InChI=1S/C49H38N2/c1-49(2,38-17-8-4-9-18-38)39-25-29-42(30-26-39)50(41-27-22-36(23-28-41)35-14-6-3-7-15-35)43-31-32-45-47(34-43)51(40-19-10-5-11-20-40)46-33-24-37-16-12-13-21-44(37)48(45)46/h3-34H,1-2H3. The van der Waals surface area contributed by atoms with E-state index in [2.05, 4.69) is 217 Å². The molecular formula is C49H38N2. The van der Waals surface area contributed by atoms with Crippen molar-refractivity contribution in [1.82, 2.24) is 4.57 Å². The summed E-state index contributed by atoms with van der Waals surface area (Å²) in [6.07, 6.45) is 0. The summed E-state index contributed by atoms with van der Waals surface area (Å²) < 4.78 is 2.42. The van der Waals surface area contributed by atoms with Crippen LogP contribution in [0.25, 0.3) is 49.4 Å². The topological polar surface area (TPSA) is 8.17 Å². The van der Waals surface area contributed by atoms with Gasteiger partial charge in [-0.15, -0.1) is 0 Å². The van der Waals surface area contributed by atoms with Crippen LogP contribution in [-0.4, -0.2) is 4.57 Å². The van der Waals surface area contributed by atoms with Crippen LogP contribution >= 0.6 is 0 Å². The van der Waals surface area contributed by atoms with Gasteiger partial charge >= 0.3 is 0 Å². The normalized spacial score (nSPS) is 11.7. The van der Waals surface area contributed by atoms with Crippen LogP contribution in [-0.2, 0) is 5.41 Å². The molecule has 0 unspecified atom stereocenters. The van der Waals surface area contributed by atoms with Crippen LogP contribution in [0.2, 0.25) is 0 Å². The first-order chi connectivity index (χ1) is 25.1. The predicted octanol–water partition coefficient (Wildman–Crippen LogP) is 13.4. The number of fused-ring (bicyclic) bond motifs is 5. The molecule has 0 spiro atoms. The fourth-order valence-corrected chi connectivity index (χ4v) is 7.70. The molecule has 0 N–H and O–H groups in total. The quantitative estimate of drug-likeness (QED) is 0.166. The molecule has 0 radical (unpaired) electrons. The number of rotatable bonds is 7. The number of benzene rings is 8. The number of anilines is 3. The highest BCUT2D eigenvalue weighted by atomic mass is 15.1. The summed E-state index contributed by atoms with van der Waals surface area (Å²) in [5.41, 5.74) is 11.7. The molecule has 0 amide bonds. The molecule has 2 nitrogen and oxygen atoms in total. The molecular weight excluding hydrogens is 617 g/mol. The minimum atomic E-state index is -0.125. The summed E-state index contributed by atoms with van der Waals surface area (Å²) >= 11 is 0. The van der Waals surface area contributed by atoms with E-state index in [0.717, 1.165) is 22.7 Å². The molecule has 1 aromatic heterocycles. The van der Waals surface area contributed by atoms with Gasteiger partial charge in [0, 0.05) is 38.9 Å². The summed E-state index contributed by atoms with van der Waals surface area (Å²) in [5, 5.41) is 5.05. The number of hydrogen-bond donors (Lipinski definition) is 0. The van der Waals surface area contributed by atoms with E-state index in [1.54, 1.807) is 0 Å². The van der Waals surface area contributed by atoms with Crippen molar-refractivity contribution in [3.8, 4) is 16.8 Å². The van der Waals surface area contributed by atoms with Gasteiger partial charge in [-0.3, -0.25) is 0 Å². The Hall–Kier alpha value is -6.38. The lowest BCUT2D eigenvalue weighted by Crippen LogP contribution is -2.19. The van der Waals surface area contributed by atoms with Crippen molar-refractivity contribution in [2.24, 2.45) is 0 Å². The van der Waals surface area contributed by atoms with Crippen LogP contribution < -0.4 is 4.90 Å². The van der Waals surface area contributed by atoms with Crippen LogP contribution in [0.15, 0.2) is 194 Å². The van der Waals surface area contributed by atoms with Gasteiger partial charge in [0.2, 0.25) is 0 Å². The molecule has 0 saturated heterocycles. The lowest BCUT2D eigenvalue weighted by molar-refractivity contribution is 0.641. The zero-order valence-electron chi connectivity index (χ0n) is 28.9. The fraction of sp³-hybridized carbons (Fsp3) is 0.0612. The Morgan fingerprint density at radius 2 is 0.961 bits per heavy atom. The van der Waals surface area contributed by atoms with Gasteiger partial charge in [0.15, 0.2) is 0 Å². The summed E-state index contributed by atoms with van der Waals surface area (Å²) in [6, 6.07) is 70.4. The molecule has 0 aliphatic rings. The van der Waals surface area contributed by atoms with Crippen LogP contribution in [0.5, 0.6) is 0 Å². The second kappa shape index (κ2) is 12.5. The minimum absolute atomic E-state index is 0.125. The van der Waals surface area contributed by atoms with Crippen LogP contribution in [0, 0.1) is 0 Å². The van der Waals surface area contributed by atoms with Gasteiger partial charge in [0.05, 0.1) is 11.0 Å². The zero-order valence-corrected chi connectivity index (χ0v) is 28.9. The van der Waals surface area contributed by atoms with Crippen molar-refractivity contribution >= 4 is 49.6 Å². The molecule has 9 rings (SSSR count). The molecule has 244 valence electrons. The minimum Gasteiger partial charge on any atom is -0.310 e. The number of aromatic nitrogens is 1. The summed E-state index contributed by atoms with van der Waals surface area (Å²) in [4.78, 5) is 2.39. The second-order valence-corrected chi connectivity index (χ2v) is 13.8. The summed E-state index contributed by atoms with van der Waals surface area (Å²) in [5.74, 6) is 0. The maximum Gasteiger partial charge on any atom is 0.0562 e. The van der Waals surface area contributed by atoms with E-state index in [1.165, 1.54) is 54.8 Å². The van der Waals surface area contributed by atoms with E-state index >= 15 is 0 Å². The zero-order chi connectivity index (χ0) is 34.4. The Labute approximate surface area is 299 Å². The Balaban J connectivity index is 1.24. The number of nitrogens with zero attached hydrogens (tertiary/aromatic N) is 2. The second-order valence-electron chi connectivity index (χ2n) is 13.8. The SMILES string of the molecule is CC(C)(c1ccccc1)c1ccc(N(c2ccc(-c3ccccc3)cc2)c2ccc3c4c5ccccc5ccc4n(-c4ccccc4)c3c2)cc1. The molecule has 51 heavy (non-hydrogen) atoms. The predicted molar refractivity (Wildman–Crippen MR) is 217 cm³/mol. The summed E-state index contributed by atoms with van der Waals surface area (Å²) in [6.45, 7) is 4.61. The Morgan fingerprint density at radius 1 is 0.412 bits per heavy atom. The van der Waals surface area contributed by atoms with E-state index in [0.29, 0.717) is 0 Å². The first kappa shape index (κ1) is 30.7. The van der Waals surface area contributed by atoms with Gasteiger partial charge in [-0.25, -0.2) is 0 Å². The van der Waals surface area contributed by atoms with Crippen molar-refractivity contribution in [1.29, 1.82) is 0 Å². The lowest BCUT2D eigenvalue weighted by Gasteiger charge is -2.29. The lowest BCUT2D eigenvalue weighted by atomic mass is 9.78. The van der Waals surface area contributed by atoms with Crippen molar-refractivity contribution in [3.63, 3.8) is 0 Å². The summed E-state index contributed by atoms with van der Waals surface area (Å²) in [7, 11) is 0. The van der Waals surface area contributed by atoms with Crippen molar-refractivity contribution in [2.75, 3.05) is 4.90 Å². The van der Waals surface area contributed by atoms with Crippen LogP contribution in [0.3, 0.4) is 0 Å². The first-order valence-corrected chi connectivity index (χ1v) is 17.7. The smallest absolute Gasteiger partial charge is 0.0562 e. The van der Waals surface area contributed by atoms with Crippen molar-refractivity contribution in [2.45, 2.75) is 19.3 Å². The maximum atomic E-state index is 2.42. The third kappa shape index (κ3) is 5.37. The Morgan fingerprint density at radius 3 is 1.67 bits per heavy atom. The van der Waals surface area contributed by atoms with E-state index in [9.17, 15) is 0 Å². The van der Waals surface area contributed by atoms with E-state index < -0.39 is 0 Å². The Kier molecular flexibility index (Phi) is 7.51. The molecule has 0 bridgehead atoms. The molecule has 1 heterocycles. The van der Waals surface area contributed by atoms with E-state index in [-0.39, 0.29) is 5.41 Å². The molecule has 2 heteroatoms. The highest BCUT2D eigenvalue weighted by Crippen LogP contribution is 2.42. The first-order valence-electron chi connectivity index (χ1n) is 17.7. The molecule has 0 fully saturated rings. The Bertz CT molecular complexity index is 2620. The largest absolute Gasteiger partial charge is 0.310 e. The van der Waals surface area contributed by atoms with Gasteiger partial charge in [-0.2, -0.15) is 0 Å². The van der Waals surface area contributed by atoms with Gasteiger partial charge in [0.25, 0.3) is 0 Å². The van der Waals surface area contributed by atoms with Gasteiger partial charge in [0.1, 0.15) is 0 Å². The fourth-order valence-electron chi connectivity index (χ4n) is 7.70. The molecule has 0 aliphatic heterocycles. The highest BCUT2D eigenvalue weighted by Gasteiger charge is 2.24. The van der Waals surface area contributed by atoms with E-state index in [1.807, 2.05) is 0 Å². The third-order valence-electron chi connectivity index (χ3n) is 10.5. The molecule has 0 saturated carbocycles. The van der Waals surface area contributed by atoms with Crippen molar-refractivity contribution < 1.29 is 0 Å².